The van der Waals surface area contributed by atoms with Crippen molar-refractivity contribution in [2.24, 2.45) is 22.7 Å². The van der Waals surface area contributed by atoms with Crippen LogP contribution < -0.4 is 5.32 Å². The predicted octanol–water partition coefficient (Wildman–Crippen LogP) is 3.50. The highest BCUT2D eigenvalue weighted by Crippen LogP contribution is 2.64. The molecular formula is C43H59NO15. The summed E-state index contributed by atoms with van der Waals surface area (Å²) in [5.74, 6) is -6.31. The number of alkyl carbamates (subject to hydrolysis) is 1. The van der Waals surface area contributed by atoms with Gasteiger partial charge in [0.15, 0.2) is 23.6 Å². The monoisotopic (exact) mass is 829 g/mol. The molecule has 0 spiro atoms. The van der Waals surface area contributed by atoms with Crippen molar-refractivity contribution in [3.63, 3.8) is 0 Å². The zero-order chi connectivity index (χ0) is 44.2. The third kappa shape index (κ3) is 8.25. The van der Waals surface area contributed by atoms with Crippen LogP contribution >= 0.6 is 0 Å². The van der Waals surface area contributed by atoms with Gasteiger partial charge in [-0.3, -0.25) is 14.4 Å². The maximum absolute atomic E-state index is 15.4. The van der Waals surface area contributed by atoms with E-state index in [9.17, 15) is 39.3 Å². The second kappa shape index (κ2) is 16.2. The number of hydrogen-bond acceptors (Lipinski definition) is 15. The van der Waals surface area contributed by atoms with Crippen molar-refractivity contribution < 1.29 is 72.5 Å². The van der Waals surface area contributed by atoms with E-state index < -0.39 is 118 Å². The summed E-state index contributed by atoms with van der Waals surface area (Å²) in [6.07, 6.45) is -11.1. The van der Waals surface area contributed by atoms with Crippen LogP contribution in [0.3, 0.4) is 0 Å². The van der Waals surface area contributed by atoms with Gasteiger partial charge in [-0.15, -0.1) is 0 Å². The molecule has 0 aromatic heterocycles. The molecule has 0 unspecified atom stereocenters. The summed E-state index contributed by atoms with van der Waals surface area (Å²) in [4.78, 5) is 82.3. The van der Waals surface area contributed by atoms with E-state index in [1.54, 1.807) is 52.8 Å². The number of fused-ring (bicyclic) bond motifs is 5. The van der Waals surface area contributed by atoms with Gasteiger partial charge >= 0.3 is 30.0 Å². The Hall–Kier alpha value is -4.38. The summed E-state index contributed by atoms with van der Waals surface area (Å²) in [5, 5.41) is 39.6. The molecule has 1 aliphatic heterocycles. The van der Waals surface area contributed by atoms with Crippen LogP contribution in [0.25, 0.3) is 0 Å². The fourth-order valence-corrected chi connectivity index (χ4v) is 9.63. The van der Waals surface area contributed by atoms with Gasteiger partial charge in [0.25, 0.3) is 0 Å². The van der Waals surface area contributed by atoms with Crippen LogP contribution in [-0.2, 0) is 47.6 Å². The first-order chi connectivity index (χ1) is 27.2. The minimum absolute atomic E-state index is 0.00510. The van der Waals surface area contributed by atoms with Crippen molar-refractivity contribution in [3.8, 4) is 0 Å². The molecule has 1 aromatic rings. The van der Waals surface area contributed by atoms with Crippen molar-refractivity contribution in [1.29, 1.82) is 0 Å². The molecule has 2 saturated carbocycles. The summed E-state index contributed by atoms with van der Waals surface area (Å²) in [5.41, 5.74) is -8.45. The van der Waals surface area contributed by atoms with E-state index in [1.807, 2.05) is 13.8 Å². The largest absolute Gasteiger partial charge is 0.456 e. The van der Waals surface area contributed by atoms with Crippen LogP contribution in [0, 0.1) is 22.7 Å². The van der Waals surface area contributed by atoms with Gasteiger partial charge < -0.3 is 49.1 Å². The molecule has 3 aliphatic carbocycles. The minimum Gasteiger partial charge on any atom is -0.456 e. The first-order valence-corrected chi connectivity index (χ1v) is 20.0. The average molecular weight is 830 g/mol. The highest BCUT2D eigenvalue weighted by molar-refractivity contribution is 5.95. The molecule has 326 valence electrons. The van der Waals surface area contributed by atoms with Gasteiger partial charge in [-0.2, -0.15) is 0 Å². The lowest BCUT2D eigenvalue weighted by molar-refractivity contribution is -0.346. The molecule has 4 N–H and O–H groups in total. The molecule has 3 fully saturated rings. The lowest BCUT2D eigenvalue weighted by atomic mass is 9.44. The van der Waals surface area contributed by atoms with E-state index in [4.69, 9.17) is 28.4 Å². The Morgan fingerprint density at radius 1 is 0.983 bits per heavy atom. The minimum atomic E-state index is -2.37. The first kappa shape index (κ1) is 45.7. The average Bonchev–Trinajstić information content (AvgIpc) is 3.11. The normalized spacial score (nSPS) is 33.4. The van der Waals surface area contributed by atoms with Crippen molar-refractivity contribution >= 4 is 35.8 Å². The molecule has 1 aromatic carbocycles. The zero-order valence-corrected chi connectivity index (χ0v) is 35.7. The second-order valence-corrected chi connectivity index (χ2v) is 18.5. The van der Waals surface area contributed by atoms with E-state index >= 15 is 4.79 Å². The molecule has 5 rings (SSSR count). The second-order valence-electron chi connectivity index (χ2n) is 18.5. The van der Waals surface area contributed by atoms with Crippen molar-refractivity contribution in [3.05, 3.63) is 47.0 Å². The third-order valence-electron chi connectivity index (χ3n) is 12.5. The quantitative estimate of drug-likeness (QED) is 0.150. The number of aliphatic hydroxyl groups excluding tert-OH is 2. The fraction of sp³-hybridized carbons (Fsp3) is 0.674. The third-order valence-corrected chi connectivity index (χ3v) is 12.5. The van der Waals surface area contributed by atoms with E-state index in [2.05, 4.69) is 5.32 Å². The lowest BCUT2D eigenvalue weighted by Crippen LogP contribution is -2.82. The van der Waals surface area contributed by atoms with E-state index in [0.717, 1.165) is 13.8 Å². The van der Waals surface area contributed by atoms with Gasteiger partial charge in [-0.1, -0.05) is 45.9 Å². The fourth-order valence-electron chi connectivity index (χ4n) is 9.63. The van der Waals surface area contributed by atoms with Gasteiger partial charge in [-0.05, 0) is 70.2 Å². The standard InChI is InChI=1S/C43H59NO15/c1-21(2)17-26(44-38(52)59-39(6,7)8)31(48)37(51)56-27-19-43(53)35(57-36(50)25-15-13-12-14-16-25)33-41(11,28(47)18-29-42(33,20-54-29)58-24(5)46)34(49)32(55-23(4)45)30(22(27)3)40(43,9)10/h12-16,21,26-29,31-33,35,47-48,53H,17-20H2,1-11H3,(H,44,52)/t26-,27-,28+,29+,31+,32+,33-,35-,41+,42-,43+/m0/s1. The topological polar surface area (TPSA) is 231 Å². The van der Waals surface area contributed by atoms with Crippen molar-refractivity contribution in [2.75, 3.05) is 6.61 Å². The Morgan fingerprint density at radius 3 is 2.14 bits per heavy atom. The number of nitrogens with one attached hydrogen (secondary N) is 1. The number of carbonyl (C=O) groups is 6. The molecule has 16 heteroatoms. The number of carbonyl (C=O) groups excluding carboxylic acids is 6. The number of hydrogen-bond donors (Lipinski definition) is 4. The predicted molar refractivity (Wildman–Crippen MR) is 207 cm³/mol. The molecule has 11 atom stereocenters. The molecule has 59 heavy (non-hydrogen) atoms. The number of benzene rings is 1. The van der Waals surface area contributed by atoms with E-state index in [0.29, 0.717) is 0 Å². The Bertz CT molecular complexity index is 1870. The van der Waals surface area contributed by atoms with Crippen LogP contribution in [0.15, 0.2) is 41.5 Å². The van der Waals surface area contributed by atoms with Crippen LogP contribution in [-0.4, -0.2) is 117 Å². The molecule has 16 nitrogen and oxygen atoms in total. The highest BCUT2D eigenvalue weighted by atomic mass is 16.6. The number of aliphatic hydroxyl groups is 3. The molecule has 1 amide bonds. The van der Waals surface area contributed by atoms with Gasteiger partial charge in [0, 0.05) is 32.1 Å². The SMILES string of the molecule is CC(=O)O[C@H]1C(=O)[C@]2(C)[C@H](O)C[C@H]3OC[C@@]3(OC(C)=O)[C@H]2[C@H](OC(=O)c2ccccc2)[C@]2(O)C[C@H](OC(=O)[C@H](O)[C@H](CC(C)C)NC(=O)OC(C)(C)C)C(C)=C1C2(C)C. The number of rotatable bonds is 10. The van der Waals surface area contributed by atoms with Crippen molar-refractivity contribution in [2.45, 2.75) is 155 Å². The van der Waals surface area contributed by atoms with E-state index in [-0.39, 0.29) is 42.1 Å². The Labute approximate surface area is 344 Å². The Balaban J connectivity index is 1.72. The maximum atomic E-state index is 15.4. The Kier molecular flexibility index (Phi) is 12.6. The summed E-state index contributed by atoms with van der Waals surface area (Å²) >= 11 is 0. The van der Waals surface area contributed by atoms with Crippen LogP contribution in [0.1, 0.15) is 106 Å². The van der Waals surface area contributed by atoms with Crippen LogP contribution in [0.2, 0.25) is 0 Å². The number of Topliss-reactive ketones (excluding diaryl/α,β-unsaturated/α-hetero) is 1. The molecular weight excluding hydrogens is 770 g/mol. The molecule has 4 aliphatic rings. The Morgan fingerprint density at radius 2 is 1.61 bits per heavy atom. The molecule has 1 saturated heterocycles. The number of ketones is 1. The summed E-state index contributed by atoms with van der Waals surface area (Å²) < 4.78 is 35.5. The summed E-state index contributed by atoms with van der Waals surface area (Å²) in [7, 11) is 0. The molecule has 1 heterocycles. The van der Waals surface area contributed by atoms with Gasteiger partial charge in [-0.25, -0.2) is 14.4 Å². The maximum Gasteiger partial charge on any atom is 0.407 e. The van der Waals surface area contributed by atoms with E-state index in [1.165, 1.54) is 26.0 Å². The van der Waals surface area contributed by atoms with Gasteiger partial charge in [0.1, 0.15) is 29.5 Å². The first-order valence-electron chi connectivity index (χ1n) is 20.0. The zero-order valence-electron chi connectivity index (χ0n) is 35.7. The molecule has 2 bridgehead atoms. The van der Waals surface area contributed by atoms with Gasteiger partial charge in [0.2, 0.25) is 0 Å². The molecule has 0 radical (unpaired) electrons. The summed E-state index contributed by atoms with van der Waals surface area (Å²) in [6, 6.07) is 6.66. The number of esters is 4. The summed E-state index contributed by atoms with van der Waals surface area (Å²) in [6.45, 7) is 16.6. The smallest absolute Gasteiger partial charge is 0.407 e. The van der Waals surface area contributed by atoms with Crippen LogP contribution in [0.4, 0.5) is 4.79 Å². The highest BCUT2D eigenvalue weighted by Gasteiger charge is 2.78. The van der Waals surface area contributed by atoms with Gasteiger partial charge in [0.05, 0.1) is 35.6 Å². The number of ether oxygens (including phenoxy) is 6. The van der Waals surface area contributed by atoms with Crippen molar-refractivity contribution in [1.82, 2.24) is 5.32 Å². The van der Waals surface area contributed by atoms with Crippen LogP contribution in [0.5, 0.6) is 0 Å². The lowest BCUT2D eigenvalue weighted by Gasteiger charge is -2.67. The number of amides is 1.